The van der Waals surface area contributed by atoms with Crippen molar-refractivity contribution in [3.63, 3.8) is 0 Å². The highest BCUT2D eigenvalue weighted by Crippen LogP contribution is 2.26. The number of hydrogen-bond donors (Lipinski definition) is 1. The van der Waals surface area contributed by atoms with E-state index in [1.807, 2.05) is 19.1 Å². The summed E-state index contributed by atoms with van der Waals surface area (Å²) in [5.74, 6) is 1.23. The molecule has 6 heteroatoms. The third kappa shape index (κ3) is 4.59. The van der Waals surface area contributed by atoms with Crippen LogP contribution in [0.2, 0.25) is 0 Å². The summed E-state index contributed by atoms with van der Waals surface area (Å²) in [7, 11) is 0. The summed E-state index contributed by atoms with van der Waals surface area (Å²) >= 11 is 0. The first kappa shape index (κ1) is 19.0. The zero-order valence-corrected chi connectivity index (χ0v) is 15.6. The van der Waals surface area contributed by atoms with Crippen LogP contribution in [0.3, 0.4) is 0 Å². The number of hydrogen-bond acceptors (Lipinski definition) is 5. The van der Waals surface area contributed by atoms with Crippen LogP contribution in [0.15, 0.2) is 23.3 Å². The van der Waals surface area contributed by atoms with E-state index in [4.69, 9.17) is 4.74 Å². The molecular weight excluding hydrogens is 316 g/mol. The standard InChI is InChI=1S/C19H28N4O2/c1-5-9-10-25-16-11-14(6-2)17(15(7-3)12-16)23-13-21-18(20-8-4)22-19(23)24/h11-13H,5-10H2,1-4H3,(H,20,22,24). The fourth-order valence-electron chi connectivity index (χ4n) is 2.73. The highest BCUT2D eigenvalue weighted by Gasteiger charge is 2.14. The van der Waals surface area contributed by atoms with E-state index in [1.165, 1.54) is 4.57 Å². The van der Waals surface area contributed by atoms with E-state index < -0.39 is 0 Å². The lowest BCUT2D eigenvalue weighted by Crippen LogP contribution is -2.25. The van der Waals surface area contributed by atoms with E-state index in [0.29, 0.717) is 19.1 Å². The third-order valence-corrected chi connectivity index (χ3v) is 4.05. The molecule has 0 spiro atoms. The van der Waals surface area contributed by atoms with E-state index in [9.17, 15) is 4.79 Å². The average Bonchev–Trinajstić information content (AvgIpc) is 2.62. The van der Waals surface area contributed by atoms with Gasteiger partial charge in [-0.25, -0.2) is 9.78 Å². The van der Waals surface area contributed by atoms with Crippen LogP contribution in [0.5, 0.6) is 5.75 Å². The van der Waals surface area contributed by atoms with E-state index in [1.54, 1.807) is 6.33 Å². The molecule has 136 valence electrons. The Labute approximate surface area is 149 Å². The second-order valence-electron chi connectivity index (χ2n) is 5.86. The fraction of sp³-hybridized carbons (Fsp3) is 0.526. The minimum atomic E-state index is -0.324. The van der Waals surface area contributed by atoms with Crippen molar-refractivity contribution in [2.45, 2.75) is 53.4 Å². The van der Waals surface area contributed by atoms with Crippen LogP contribution in [0.25, 0.3) is 5.69 Å². The Hall–Kier alpha value is -2.37. The molecule has 2 rings (SSSR count). The van der Waals surface area contributed by atoms with Gasteiger partial charge in [0.15, 0.2) is 0 Å². The number of anilines is 1. The molecule has 2 aromatic rings. The Kier molecular flexibility index (Phi) is 6.98. The van der Waals surface area contributed by atoms with Crippen molar-refractivity contribution in [3.8, 4) is 11.4 Å². The van der Waals surface area contributed by atoms with Crippen molar-refractivity contribution in [3.05, 3.63) is 40.1 Å². The summed E-state index contributed by atoms with van der Waals surface area (Å²) in [4.78, 5) is 20.8. The Morgan fingerprint density at radius 2 is 1.80 bits per heavy atom. The van der Waals surface area contributed by atoms with Crippen LogP contribution in [0.4, 0.5) is 5.95 Å². The summed E-state index contributed by atoms with van der Waals surface area (Å²) in [6.45, 7) is 9.62. The van der Waals surface area contributed by atoms with Gasteiger partial charge in [-0.05, 0) is 49.4 Å². The first-order chi connectivity index (χ1) is 12.1. The molecule has 1 aromatic heterocycles. The van der Waals surface area contributed by atoms with Gasteiger partial charge in [0.1, 0.15) is 12.1 Å². The highest BCUT2D eigenvalue weighted by molar-refractivity contribution is 5.52. The monoisotopic (exact) mass is 344 g/mol. The number of unbranched alkanes of at least 4 members (excludes halogenated alkanes) is 1. The van der Waals surface area contributed by atoms with Gasteiger partial charge in [0.2, 0.25) is 5.95 Å². The molecule has 0 aliphatic heterocycles. The zero-order chi connectivity index (χ0) is 18.2. The maximum absolute atomic E-state index is 12.5. The van der Waals surface area contributed by atoms with Crippen molar-refractivity contribution in [2.75, 3.05) is 18.5 Å². The van der Waals surface area contributed by atoms with Crippen LogP contribution in [0, 0.1) is 0 Å². The first-order valence-corrected chi connectivity index (χ1v) is 9.13. The zero-order valence-electron chi connectivity index (χ0n) is 15.6. The van der Waals surface area contributed by atoms with E-state index >= 15 is 0 Å². The van der Waals surface area contributed by atoms with Gasteiger partial charge < -0.3 is 10.1 Å². The Balaban J connectivity index is 2.47. The maximum atomic E-state index is 12.5. The third-order valence-electron chi connectivity index (χ3n) is 4.05. The van der Waals surface area contributed by atoms with Crippen LogP contribution in [0.1, 0.15) is 51.7 Å². The summed E-state index contributed by atoms with van der Waals surface area (Å²) in [5, 5.41) is 2.97. The molecule has 0 bridgehead atoms. The predicted octanol–water partition coefficient (Wildman–Crippen LogP) is 3.36. The molecule has 25 heavy (non-hydrogen) atoms. The van der Waals surface area contributed by atoms with E-state index in [-0.39, 0.29) is 5.69 Å². The lowest BCUT2D eigenvalue weighted by atomic mass is 10.0. The Morgan fingerprint density at radius 1 is 1.12 bits per heavy atom. The van der Waals surface area contributed by atoms with E-state index in [2.05, 4.69) is 36.1 Å². The SMILES string of the molecule is CCCCOc1cc(CC)c(-n2cnc(NCC)nc2=O)c(CC)c1. The van der Waals surface area contributed by atoms with E-state index in [0.717, 1.165) is 48.2 Å². The number of nitrogens with zero attached hydrogens (tertiary/aromatic N) is 3. The molecule has 6 nitrogen and oxygen atoms in total. The highest BCUT2D eigenvalue weighted by atomic mass is 16.5. The Morgan fingerprint density at radius 3 is 2.32 bits per heavy atom. The summed E-state index contributed by atoms with van der Waals surface area (Å²) < 4.78 is 7.41. The molecule has 1 aromatic carbocycles. The second-order valence-corrected chi connectivity index (χ2v) is 5.86. The molecule has 1 N–H and O–H groups in total. The van der Waals surface area contributed by atoms with Gasteiger partial charge in [-0.2, -0.15) is 4.98 Å². The minimum absolute atomic E-state index is 0.324. The van der Waals surface area contributed by atoms with Crippen molar-refractivity contribution in [1.29, 1.82) is 0 Å². The first-order valence-electron chi connectivity index (χ1n) is 9.13. The van der Waals surface area contributed by atoms with Crippen LogP contribution in [-0.4, -0.2) is 27.7 Å². The minimum Gasteiger partial charge on any atom is -0.494 e. The van der Waals surface area contributed by atoms with Gasteiger partial charge >= 0.3 is 5.69 Å². The molecule has 1 heterocycles. The number of nitrogens with one attached hydrogen (secondary N) is 1. The van der Waals surface area contributed by atoms with Crippen molar-refractivity contribution >= 4 is 5.95 Å². The smallest absolute Gasteiger partial charge is 0.356 e. The molecule has 0 atom stereocenters. The van der Waals surface area contributed by atoms with Gasteiger partial charge in [-0.1, -0.05) is 27.2 Å². The van der Waals surface area contributed by atoms with Gasteiger partial charge in [-0.15, -0.1) is 0 Å². The molecule has 0 aliphatic carbocycles. The largest absolute Gasteiger partial charge is 0.494 e. The van der Waals surface area contributed by atoms with Gasteiger partial charge in [-0.3, -0.25) is 4.57 Å². The molecule has 0 saturated carbocycles. The van der Waals surface area contributed by atoms with Crippen LogP contribution >= 0.6 is 0 Å². The number of ether oxygens (including phenoxy) is 1. The summed E-state index contributed by atoms with van der Waals surface area (Å²) in [5.41, 5.74) is 2.68. The average molecular weight is 344 g/mol. The molecule has 0 unspecified atom stereocenters. The topological polar surface area (TPSA) is 69.0 Å². The Bertz CT molecular complexity index is 730. The lowest BCUT2D eigenvalue weighted by Gasteiger charge is -2.17. The molecular formula is C19H28N4O2. The molecule has 0 saturated heterocycles. The second kappa shape index (κ2) is 9.20. The number of aryl methyl sites for hydroxylation is 2. The maximum Gasteiger partial charge on any atom is 0.356 e. The summed E-state index contributed by atoms with van der Waals surface area (Å²) in [6, 6.07) is 4.05. The van der Waals surface area contributed by atoms with Crippen molar-refractivity contribution < 1.29 is 4.74 Å². The number of aromatic nitrogens is 3. The summed E-state index contributed by atoms with van der Waals surface area (Å²) in [6.07, 6.45) is 5.29. The molecule has 0 aliphatic rings. The van der Waals surface area contributed by atoms with Crippen LogP contribution in [-0.2, 0) is 12.8 Å². The van der Waals surface area contributed by atoms with Crippen LogP contribution < -0.4 is 15.7 Å². The van der Waals surface area contributed by atoms with Crippen molar-refractivity contribution in [1.82, 2.24) is 14.5 Å². The lowest BCUT2D eigenvalue weighted by molar-refractivity contribution is 0.309. The van der Waals surface area contributed by atoms with Gasteiger partial charge in [0.05, 0.1) is 12.3 Å². The molecule has 0 fully saturated rings. The number of benzene rings is 1. The normalized spacial score (nSPS) is 10.7. The number of rotatable bonds is 9. The van der Waals surface area contributed by atoms with Gasteiger partial charge in [0.25, 0.3) is 0 Å². The quantitative estimate of drug-likeness (QED) is 0.706. The van der Waals surface area contributed by atoms with Gasteiger partial charge in [0, 0.05) is 6.54 Å². The molecule has 0 radical (unpaired) electrons. The predicted molar refractivity (Wildman–Crippen MR) is 101 cm³/mol. The van der Waals surface area contributed by atoms with Crippen molar-refractivity contribution in [2.24, 2.45) is 0 Å². The molecule has 0 amide bonds. The fourth-order valence-corrected chi connectivity index (χ4v) is 2.73.